The zero-order valence-electron chi connectivity index (χ0n) is 29.6. The number of benzene rings is 1. The number of ether oxygens (including phenoxy) is 1. The topological polar surface area (TPSA) is 130 Å². The van der Waals surface area contributed by atoms with E-state index in [0.717, 1.165) is 21.7 Å². The Labute approximate surface area is 279 Å². The van der Waals surface area contributed by atoms with Crippen molar-refractivity contribution < 1.29 is 28.7 Å². The fraction of sp³-hybridized carbons (Fsp3) is 0.647. The second-order valence-corrected chi connectivity index (χ2v) is 21.4. The number of nitrogens with zero attached hydrogens (tertiary/aromatic N) is 2. The Morgan fingerprint density at radius 2 is 1.65 bits per heavy atom. The van der Waals surface area contributed by atoms with Gasteiger partial charge in [0.2, 0.25) is 11.8 Å². The van der Waals surface area contributed by atoms with Crippen LogP contribution in [0.5, 0.6) is 0 Å². The highest BCUT2D eigenvalue weighted by atomic mass is 32.1. The molecule has 46 heavy (non-hydrogen) atoms. The molecule has 10 nitrogen and oxygen atoms in total. The maximum absolute atomic E-state index is 14.3. The van der Waals surface area contributed by atoms with Gasteiger partial charge in [-0.3, -0.25) is 9.59 Å². The van der Waals surface area contributed by atoms with Gasteiger partial charge in [-0.05, 0) is 62.4 Å². The molecule has 1 aromatic heterocycles. The number of aromatic nitrogens is 1. The Morgan fingerprint density at radius 3 is 2.13 bits per heavy atom. The normalized spacial score (nSPS) is 19.0. The number of hydrogen-bond donors (Lipinski definition) is 3. The van der Waals surface area contributed by atoms with Crippen LogP contribution in [-0.4, -0.2) is 78.2 Å². The highest BCUT2D eigenvalue weighted by molar-refractivity contribution is 7.13. The molecular formula is C34H54N4O6SSi. The third kappa shape index (κ3) is 9.39. The Hall–Kier alpha value is -2.80. The van der Waals surface area contributed by atoms with E-state index in [1.54, 1.807) is 37.6 Å². The number of hydrogen-bond acceptors (Lipinski definition) is 8. The number of nitrogens with one attached hydrogen (secondary N) is 2. The van der Waals surface area contributed by atoms with Gasteiger partial charge in [-0.25, -0.2) is 9.78 Å². The summed E-state index contributed by atoms with van der Waals surface area (Å²) >= 11 is 1.56. The van der Waals surface area contributed by atoms with E-state index in [2.05, 4.69) is 49.5 Å². The maximum Gasteiger partial charge on any atom is 0.408 e. The van der Waals surface area contributed by atoms with Crippen molar-refractivity contribution in [3.8, 4) is 10.4 Å². The van der Waals surface area contributed by atoms with Crippen LogP contribution in [0.4, 0.5) is 4.79 Å². The van der Waals surface area contributed by atoms with Crippen molar-refractivity contribution in [1.82, 2.24) is 20.5 Å². The van der Waals surface area contributed by atoms with Crippen molar-refractivity contribution >= 4 is 37.6 Å². The summed E-state index contributed by atoms with van der Waals surface area (Å²) < 4.78 is 12.2. The van der Waals surface area contributed by atoms with Crippen LogP contribution in [0.2, 0.25) is 18.1 Å². The number of likely N-dealkylation sites (tertiary alicyclic amines) is 1. The summed E-state index contributed by atoms with van der Waals surface area (Å²) in [7, 11) is -2.24. The predicted octanol–water partition coefficient (Wildman–Crippen LogP) is 6.20. The summed E-state index contributed by atoms with van der Waals surface area (Å²) in [5, 5.41) is 16.0. The van der Waals surface area contributed by atoms with E-state index in [9.17, 15) is 19.5 Å². The summed E-state index contributed by atoms with van der Waals surface area (Å²) in [5.41, 5.74) is 3.07. The Morgan fingerprint density at radius 1 is 1.04 bits per heavy atom. The molecule has 256 valence electrons. The monoisotopic (exact) mass is 674 g/mol. The highest BCUT2D eigenvalue weighted by Crippen LogP contribution is 2.39. The largest absolute Gasteiger partial charge is 0.444 e. The molecular weight excluding hydrogens is 621 g/mol. The lowest BCUT2D eigenvalue weighted by atomic mass is 9.85. The van der Waals surface area contributed by atoms with E-state index in [1.807, 2.05) is 52.0 Å². The Kier molecular flexibility index (Phi) is 11.6. The number of amides is 3. The molecule has 1 aromatic carbocycles. The molecule has 3 amide bonds. The third-order valence-electron chi connectivity index (χ3n) is 8.71. The van der Waals surface area contributed by atoms with Gasteiger partial charge >= 0.3 is 6.09 Å². The molecule has 0 aliphatic carbocycles. The van der Waals surface area contributed by atoms with Crippen LogP contribution in [0.25, 0.3) is 10.4 Å². The zero-order chi connectivity index (χ0) is 34.8. The molecule has 1 aliphatic heterocycles. The van der Waals surface area contributed by atoms with Gasteiger partial charge in [-0.15, -0.1) is 11.3 Å². The molecule has 1 fully saturated rings. The number of aryl methyl sites for hydroxylation is 1. The van der Waals surface area contributed by atoms with Crippen molar-refractivity contribution in [3.63, 3.8) is 0 Å². The van der Waals surface area contributed by atoms with Crippen LogP contribution in [0.15, 0.2) is 29.8 Å². The lowest BCUT2D eigenvalue weighted by molar-refractivity contribution is -0.142. The molecule has 2 unspecified atom stereocenters. The first-order valence-electron chi connectivity index (χ1n) is 15.9. The van der Waals surface area contributed by atoms with Gasteiger partial charge in [-0.1, -0.05) is 65.8 Å². The van der Waals surface area contributed by atoms with Gasteiger partial charge in [0, 0.05) is 13.0 Å². The lowest BCUT2D eigenvalue weighted by Gasteiger charge is -2.38. The van der Waals surface area contributed by atoms with Gasteiger partial charge in [0.1, 0.15) is 17.7 Å². The third-order valence-corrected chi connectivity index (χ3v) is 14.2. The second-order valence-electron chi connectivity index (χ2n) is 15.8. The molecule has 4 atom stereocenters. The molecule has 0 bridgehead atoms. The molecule has 0 saturated carbocycles. The van der Waals surface area contributed by atoms with Crippen molar-refractivity contribution in [2.45, 2.75) is 124 Å². The molecule has 2 heterocycles. The number of carbonyl (C=O) groups is 3. The lowest BCUT2D eigenvalue weighted by Crippen LogP contribution is -2.58. The standard InChI is InChI=1S/C34H54N4O6SSi/c1-21-27(45-20-35-21)23-15-13-22(14-16-23)25(19-39)36-29(40)26-17-24(44-46(11,12)34(8,9)10)18-38(26)30(41)28(32(2,3)4)37-31(42)43-33(5,6)7/h13-16,20,24-26,28,39H,17-19H2,1-12H3,(H,36,40)(H,37,42)/t24-,25?,26+,28?/m1/s1. The molecule has 3 N–H and O–H groups in total. The SMILES string of the molecule is Cc1ncsc1-c1ccc(C(CO)NC(=O)[C@@H]2C[C@@H](O[Si](C)(C)C(C)(C)C)CN2C(=O)C(NC(=O)OC(C)(C)C)C(C)(C)C)cc1. The number of aliphatic hydroxyl groups excluding tert-OH is 1. The van der Waals surface area contributed by atoms with Crippen LogP contribution in [-0.2, 0) is 18.8 Å². The molecule has 0 spiro atoms. The van der Waals surface area contributed by atoms with Crippen molar-refractivity contribution in [2.24, 2.45) is 5.41 Å². The van der Waals surface area contributed by atoms with E-state index >= 15 is 0 Å². The van der Waals surface area contributed by atoms with Crippen LogP contribution in [0.3, 0.4) is 0 Å². The number of alkyl carbamates (subject to hydrolysis) is 1. The minimum absolute atomic E-state index is 0.0692. The summed E-state index contributed by atoms with van der Waals surface area (Å²) in [4.78, 5) is 48.1. The van der Waals surface area contributed by atoms with Gasteiger partial charge in [0.15, 0.2) is 8.32 Å². The maximum atomic E-state index is 14.3. The Bertz CT molecular complexity index is 1370. The minimum Gasteiger partial charge on any atom is -0.444 e. The molecule has 1 aliphatic rings. The van der Waals surface area contributed by atoms with Crippen LogP contribution in [0.1, 0.15) is 86.0 Å². The van der Waals surface area contributed by atoms with Gasteiger partial charge in [-0.2, -0.15) is 0 Å². The molecule has 2 aromatic rings. The summed E-state index contributed by atoms with van der Waals surface area (Å²) in [6.07, 6.45) is -0.764. The average Bonchev–Trinajstić information content (AvgIpc) is 3.53. The average molecular weight is 675 g/mol. The molecule has 1 saturated heterocycles. The van der Waals surface area contributed by atoms with Crippen molar-refractivity contribution in [3.05, 3.63) is 41.0 Å². The highest BCUT2D eigenvalue weighted by Gasteiger charge is 2.48. The van der Waals surface area contributed by atoms with Crippen molar-refractivity contribution in [2.75, 3.05) is 13.2 Å². The van der Waals surface area contributed by atoms with Crippen LogP contribution < -0.4 is 10.6 Å². The smallest absolute Gasteiger partial charge is 0.408 e. The first kappa shape index (κ1) is 37.7. The summed E-state index contributed by atoms with van der Waals surface area (Å²) in [6, 6.07) is 5.18. The van der Waals surface area contributed by atoms with E-state index in [4.69, 9.17) is 9.16 Å². The predicted molar refractivity (Wildman–Crippen MR) is 185 cm³/mol. The molecule has 3 rings (SSSR count). The van der Waals surface area contributed by atoms with E-state index in [-0.39, 0.29) is 36.1 Å². The Balaban J connectivity index is 1.90. The van der Waals surface area contributed by atoms with E-state index in [0.29, 0.717) is 6.42 Å². The van der Waals surface area contributed by atoms with Gasteiger partial charge in [0.05, 0.1) is 34.8 Å². The summed E-state index contributed by atoms with van der Waals surface area (Å²) in [5.74, 6) is -0.772. The second kappa shape index (κ2) is 14.1. The first-order valence-corrected chi connectivity index (χ1v) is 19.7. The quantitative estimate of drug-likeness (QED) is 0.270. The number of thiazole rings is 1. The number of carbonyl (C=O) groups excluding carboxylic acids is 3. The fourth-order valence-electron chi connectivity index (χ4n) is 5.16. The number of aliphatic hydroxyl groups is 1. The van der Waals surface area contributed by atoms with Gasteiger partial charge in [0.25, 0.3) is 0 Å². The van der Waals surface area contributed by atoms with Gasteiger partial charge < -0.3 is 29.8 Å². The van der Waals surface area contributed by atoms with E-state index < -0.39 is 43.6 Å². The van der Waals surface area contributed by atoms with Crippen LogP contribution in [0, 0.1) is 12.3 Å². The first-order chi connectivity index (χ1) is 21.0. The molecule has 0 radical (unpaired) electrons. The minimum atomic E-state index is -2.24. The van der Waals surface area contributed by atoms with E-state index in [1.165, 1.54) is 4.90 Å². The van der Waals surface area contributed by atoms with Crippen LogP contribution >= 0.6 is 11.3 Å². The zero-order valence-corrected chi connectivity index (χ0v) is 31.4. The van der Waals surface area contributed by atoms with Crippen molar-refractivity contribution in [1.29, 1.82) is 0 Å². The summed E-state index contributed by atoms with van der Waals surface area (Å²) in [6.45, 7) is 23.4. The fourth-order valence-corrected chi connectivity index (χ4v) is 7.33. The number of rotatable bonds is 9. The molecule has 12 heteroatoms.